The van der Waals surface area contributed by atoms with Crippen molar-refractivity contribution in [3.63, 3.8) is 0 Å². The molecule has 0 aliphatic carbocycles. The van der Waals surface area contributed by atoms with Crippen molar-refractivity contribution < 1.29 is 0 Å². The van der Waals surface area contributed by atoms with Crippen LogP contribution in [0, 0.1) is 0 Å². The SMILES string of the molecule is C=C(N)c1ccc(CN(C(C)C)C(C)C)cc1. The van der Waals surface area contributed by atoms with E-state index < -0.39 is 0 Å². The van der Waals surface area contributed by atoms with Gasteiger partial charge in [0.15, 0.2) is 0 Å². The minimum absolute atomic E-state index is 0.555. The fraction of sp³-hybridized carbons (Fsp3) is 0.467. The summed E-state index contributed by atoms with van der Waals surface area (Å²) in [5, 5.41) is 0. The molecule has 0 saturated heterocycles. The second kappa shape index (κ2) is 5.87. The van der Waals surface area contributed by atoms with Crippen LogP contribution in [0.3, 0.4) is 0 Å². The summed E-state index contributed by atoms with van der Waals surface area (Å²) in [6.45, 7) is 13.6. The van der Waals surface area contributed by atoms with Crippen LogP contribution in [0.5, 0.6) is 0 Å². The molecule has 2 nitrogen and oxygen atoms in total. The lowest BCUT2D eigenvalue weighted by Crippen LogP contribution is -2.36. The van der Waals surface area contributed by atoms with Gasteiger partial charge in [0.25, 0.3) is 0 Å². The fourth-order valence-corrected chi connectivity index (χ4v) is 2.00. The van der Waals surface area contributed by atoms with Crippen molar-refractivity contribution in [2.75, 3.05) is 0 Å². The molecule has 1 aromatic rings. The Morgan fingerprint density at radius 2 is 1.59 bits per heavy atom. The largest absolute Gasteiger partial charge is 0.399 e. The molecule has 0 saturated carbocycles. The molecule has 94 valence electrons. The van der Waals surface area contributed by atoms with Gasteiger partial charge in [0.1, 0.15) is 0 Å². The maximum Gasteiger partial charge on any atom is 0.0314 e. The van der Waals surface area contributed by atoms with Gasteiger partial charge in [-0.05, 0) is 38.8 Å². The quantitative estimate of drug-likeness (QED) is 0.844. The van der Waals surface area contributed by atoms with Crippen LogP contribution in [0.2, 0.25) is 0 Å². The van der Waals surface area contributed by atoms with E-state index in [-0.39, 0.29) is 0 Å². The van der Waals surface area contributed by atoms with E-state index in [9.17, 15) is 0 Å². The molecular formula is C15H24N2. The molecule has 0 spiro atoms. The normalized spacial score (nSPS) is 11.5. The summed E-state index contributed by atoms with van der Waals surface area (Å²) < 4.78 is 0. The molecule has 1 rings (SSSR count). The van der Waals surface area contributed by atoms with E-state index in [0.717, 1.165) is 12.1 Å². The zero-order valence-corrected chi connectivity index (χ0v) is 11.4. The lowest BCUT2D eigenvalue weighted by atomic mass is 10.1. The number of nitrogens with zero attached hydrogens (tertiary/aromatic N) is 1. The number of nitrogens with two attached hydrogens (primary N) is 1. The summed E-state index contributed by atoms with van der Waals surface area (Å²) in [6.07, 6.45) is 0. The number of hydrogen-bond donors (Lipinski definition) is 1. The maximum atomic E-state index is 5.66. The Morgan fingerprint density at radius 1 is 1.12 bits per heavy atom. The second-order valence-electron chi connectivity index (χ2n) is 5.08. The second-order valence-corrected chi connectivity index (χ2v) is 5.08. The molecular weight excluding hydrogens is 208 g/mol. The number of rotatable bonds is 5. The Morgan fingerprint density at radius 3 is 1.94 bits per heavy atom. The average Bonchev–Trinajstić information content (AvgIpc) is 2.25. The molecule has 2 N–H and O–H groups in total. The molecule has 0 radical (unpaired) electrons. The van der Waals surface area contributed by atoms with Crippen molar-refractivity contribution in [3.05, 3.63) is 42.0 Å². The monoisotopic (exact) mass is 232 g/mol. The van der Waals surface area contributed by atoms with E-state index in [2.05, 4.69) is 51.3 Å². The first-order chi connectivity index (χ1) is 7.91. The Kier molecular flexibility index (Phi) is 4.76. The molecule has 17 heavy (non-hydrogen) atoms. The average molecular weight is 232 g/mol. The van der Waals surface area contributed by atoms with Crippen LogP contribution in [0.25, 0.3) is 5.70 Å². The van der Waals surface area contributed by atoms with Gasteiger partial charge in [0.2, 0.25) is 0 Å². The Labute approximate surface area is 105 Å². The van der Waals surface area contributed by atoms with Crippen LogP contribution in [-0.2, 0) is 6.54 Å². The number of hydrogen-bond acceptors (Lipinski definition) is 2. The van der Waals surface area contributed by atoms with Gasteiger partial charge in [0.05, 0.1) is 0 Å². The van der Waals surface area contributed by atoms with Gasteiger partial charge < -0.3 is 5.73 Å². The number of benzene rings is 1. The predicted octanol–water partition coefficient (Wildman–Crippen LogP) is 3.23. The first kappa shape index (κ1) is 13.8. The summed E-state index contributed by atoms with van der Waals surface area (Å²) in [4.78, 5) is 2.46. The van der Waals surface area contributed by atoms with Crippen LogP contribution in [0.15, 0.2) is 30.8 Å². The lowest BCUT2D eigenvalue weighted by Gasteiger charge is -2.30. The van der Waals surface area contributed by atoms with E-state index in [1.54, 1.807) is 0 Å². The maximum absolute atomic E-state index is 5.66. The zero-order chi connectivity index (χ0) is 13.0. The molecule has 0 bridgehead atoms. The summed E-state index contributed by atoms with van der Waals surface area (Å²) >= 11 is 0. The van der Waals surface area contributed by atoms with Gasteiger partial charge >= 0.3 is 0 Å². The van der Waals surface area contributed by atoms with Gasteiger partial charge in [-0.15, -0.1) is 0 Å². The standard InChI is InChI=1S/C15H24N2/c1-11(2)17(12(3)4)10-14-6-8-15(9-7-14)13(5)16/h6-9,11-12H,5,10,16H2,1-4H3. The first-order valence-electron chi connectivity index (χ1n) is 6.21. The Hall–Kier alpha value is -1.28. The van der Waals surface area contributed by atoms with E-state index in [1.807, 2.05) is 12.1 Å². The highest BCUT2D eigenvalue weighted by Gasteiger charge is 2.13. The lowest BCUT2D eigenvalue weighted by molar-refractivity contribution is 0.166. The summed E-state index contributed by atoms with van der Waals surface area (Å²) in [5.74, 6) is 0. The topological polar surface area (TPSA) is 29.3 Å². The van der Waals surface area contributed by atoms with Gasteiger partial charge in [-0.2, -0.15) is 0 Å². The van der Waals surface area contributed by atoms with Crippen molar-refractivity contribution in [2.45, 2.75) is 46.3 Å². The molecule has 0 atom stereocenters. The highest BCUT2D eigenvalue weighted by molar-refractivity contribution is 5.60. The van der Waals surface area contributed by atoms with Gasteiger partial charge in [0, 0.05) is 24.3 Å². The highest BCUT2D eigenvalue weighted by Crippen LogP contribution is 2.14. The first-order valence-corrected chi connectivity index (χ1v) is 6.21. The van der Waals surface area contributed by atoms with Gasteiger partial charge in [-0.3, -0.25) is 4.90 Å². The minimum atomic E-state index is 0.555. The zero-order valence-electron chi connectivity index (χ0n) is 11.4. The van der Waals surface area contributed by atoms with Crippen molar-refractivity contribution in [3.8, 4) is 0 Å². The van der Waals surface area contributed by atoms with Crippen LogP contribution in [0.4, 0.5) is 0 Å². The third-order valence-corrected chi connectivity index (χ3v) is 3.02. The van der Waals surface area contributed by atoms with Crippen molar-refractivity contribution in [1.82, 2.24) is 4.90 Å². The van der Waals surface area contributed by atoms with E-state index in [4.69, 9.17) is 5.73 Å². The van der Waals surface area contributed by atoms with Crippen molar-refractivity contribution >= 4 is 5.70 Å². The molecule has 0 amide bonds. The molecule has 0 heterocycles. The third kappa shape index (κ3) is 3.90. The Balaban J connectivity index is 2.77. The minimum Gasteiger partial charge on any atom is -0.399 e. The van der Waals surface area contributed by atoms with E-state index in [1.165, 1.54) is 5.56 Å². The van der Waals surface area contributed by atoms with E-state index in [0.29, 0.717) is 17.8 Å². The van der Waals surface area contributed by atoms with Crippen molar-refractivity contribution in [1.29, 1.82) is 0 Å². The smallest absolute Gasteiger partial charge is 0.0314 e. The van der Waals surface area contributed by atoms with E-state index >= 15 is 0 Å². The van der Waals surface area contributed by atoms with Crippen LogP contribution in [-0.4, -0.2) is 17.0 Å². The highest BCUT2D eigenvalue weighted by atomic mass is 15.2. The van der Waals surface area contributed by atoms with Crippen molar-refractivity contribution in [2.24, 2.45) is 5.73 Å². The summed E-state index contributed by atoms with van der Waals surface area (Å²) in [6, 6.07) is 9.45. The van der Waals surface area contributed by atoms with Crippen LogP contribution in [0.1, 0.15) is 38.8 Å². The molecule has 2 heteroatoms. The molecule has 0 unspecified atom stereocenters. The molecule has 0 aromatic heterocycles. The van der Waals surface area contributed by atoms with Gasteiger partial charge in [-0.25, -0.2) is 0 Å². The molecule has 0 aliphatic rings. The molecule has 0 fully saturated rings. The van der Waals surface area contributed by atoms with Gasteiger partial charge in [-0.1, -0.05) is 30.8 Å². The predicted molar refractivity (Wildman–Crippen MR) is 75.5 cm³/mol. The third-order valence-electron chi connectivity index (χ3n) is 3.02. The summed E-state index contributed by atoms with van der Waals surface area (Å²) in [5.41, 5.74) is 8.61. The fourth-order valence-electron chi connectivity index (χ4n) is 2.00. The molecule has 0 aliphatic heterocycles. The Bertz CT molecular complexity index is 355. The molecule has 1 aromatic carbocycles. The van der Waals surface area contributed by atoms with Crippen LogP contribution < -0.4 is 5.73 Å². The summed E-state index contributed by atoms with van der Waals surface area (Å²) in [7, 11) is 0. The van der Waals surface area contributed by atoms with Crippen LogP contribution >= 0.6 is 0 Å².